The molecule has 0 bridgehead atoms. The summed E-state index contributed by atoms with van der Waals surface area (Å²) in [5.41, 5.74) is 5.32. The Kier molecular flexibility index (Phi) is 3.35. The number of aliphatic hydroxyl groups is 1. The van der Waals surface area contributed by atoms with Gasteiger partial charge in [-0.15, -0.1) is 0 Å². The predicted molar refractivity (Wildman–Crippen MR) is 48.1 cm³/mol. The first-order valence-electron chi connectivity index (χ1n) is 3.57. The van der Waals surface area contributed by atoms with E-state index in [-0.39, 0.29) is 10.0 Å². The van der Waals surface area contributed by atoms with E-state index in [9.17, 15) is 8.78 Å². The van der Waals surface area contributed by atoms with Crippen molar-refractivity contribution in [2.24, 2.45) is 5.73 Å². The van der Waals surface area contributed by atoms with Gasteiger partial charge in [-0.3, -0.25) is 0 Å². The Bertz CT molecular complexity index is 319. The van der Waals surface area contributed by atoms with Crippen LogP contribution >= 0.6 is 15.9 Å². The van der Waals surface area contributed by atoms with E-state index >= 15 is 0 Å². The molecular weight excluding hydrogens is 244 g/mol. The minimum atomic E-state index is -0.886. The molecule has 1 atom stereocenters. The summed E-state index contributed by atoms with van der Waals surface area (Å²) in [5.74, 6) is -1.23. The van der Waals surface area contributed by atoms with Crippen molar-refractivity contribution in [2.75, 3.05) is 6.61 Å². The van der Waals surface area contributed by atoms with Crippen LogP contribution in [0.15, 0.2) is 16.6 Å². The fourth-order valence-corrected chi connectivity index (χ4v) is 1.24. The zero-order chi connectivity index (χ0) is 10.0. The number of nitrogens with two attached hydrogens (primary N) is 1. The minimum Gasteiger partial charge on any atom is -0.394 e. The Morgan fingerprint density at radius 1 is 1.38 bits per heavy atom. The third-order valence-corrected chi connectivity index (χ3v) is 2.24. The lowest BCUT2D eigenvalue weighted by atomic mass is 10.1. The first-order valence-corrected chi connectivity index (χ1v) is 4.36. The second-order valence-electron chi connectivity index (χ2n) is 2.58. The second-order valence-corrected chi connectivity index (χ2v) is 3.43. The van der Waals surface area contributed by atoms with E-state index in [1.165, 1.54) is 0 Å². The quantitative estimate of drug-likeness (QED) is 0.787. The van der Waals surface area contributed by atoms with Gasteiger partial charge in [-0.25, -0.2) is 8.78 Å². The third-order valence-electron chi connectivity index (χ3n) is 1.64. The van der Waals surface area contributed by atoms with Gasteiger partial charge >= 0.3 is 0 Å². The van der Waals surface area contributed by atoms with Crippen LogP contribution in [0.5, 0.6) is 0 Å². The molecule has 2 nitrogen and oxygen atoms in total. The molecule has 1 aromatic carbocycles. The fraction of sp³-hybridized carbons (Fsp3) is 0.250. The molecule has 5 heteroatoms. The van der Waals surface area contributed by atoms with Crippen molar-refractivity contribution in [2.45, 2.75) is 6.04 Å². The molecule has 0 spiro atoms. The average Bonchev–Trinajstić information content (AvgIpc) is 2.10. The second kappa shape index (κ2) is 4.13. The summed E-state index contributed by atoms with van der Waals surface area (Å²) in [4.78, 5) is 0. The van der Waals surface area contributed by atoms with Crippen LogP contribution in [0.1, 0.15) is 11.6 Å². The molecule has 0 aliphatic heterocycles. The topological polar surface area (TPSA) is 46.2 Å². The molecule has 0 saturated heterocycles. The summed E-state index contributed by atoms with van der Waals surface area (Å²) in [5, 5.41) is 8.65. The van der Waals surface area contributed by atoms with E-state index < -0.39 is 24.3 Å². The molecule has 0 fully saturated rings. The number of hydrogen-bond donors (Lipinski definition) is 2. The van der Waals surface area contributed by atoms with E-state index in [2.05, 4.69) is 15.9 Å². The maximum Gasteiger partial charge on any atom is 0.137 e. The number of halogens is 3. The predicted octanol–water partition coefficient (Wildman–Crippen LogP) is 1.72. The maximum absolute atomic E-state index is 13.1. The largest absolute Gasteiger partial charge is 0.394 e. The van der Waals surface area contributed by atoms with E-state index in [0.29, 0.717) is 0 Å². The summed E-state index contributed by atoms with van der Waals surface area (Å²) < 4.78 is 26.0. The van der Waals surface area contributed by atoms with Crippen molar-refractivity contribution >= 4 is 15.9 Å². The van der Waals surface area contributed by atoms with Gasteiger partial charge in [-0.1, -0.05) is 0 Å². The summed E-state index contributed by atoms with van der Waals surface area (Å²) in [6.07, 6.45) is 0. The zero-order valence-electron chi connectivity index (χ0n) is 6.60. The van der Waals surface area contributed by atoms with Crippen molar-refractivity contribution < 1.29 is 13.9 Å². The van der Waals surface area contributed by atoms with Gasteiger partial charge in [0.05, 0.1) is 17.1 Å². The third kappa shape index (κ3) is 2.24. The molecule has 13 heavy (non-hydrogen) atoms. The lowest BCUT2D eigenvalue weighted by Gasteiger charge is -2.10. The molecule has 1 rings (SSSR count). The Morgan fingerprint density at radius 3 is 2.54 bits per heavy atom. The van der Waals surface area contributed by atoms with Crippen molar-refractivity contribution in [3.05, 3.63) is 33.8 Å². The number of benzene rings is 1. The molecular formula is C8H8BrF2NO. The average molecular weight is 252 g/mol. The molecule has 72 valence electrons. The van der Waals surface area contributed by atoms with E-state index in [0.717, 1.165) is 12.1 Å². The highest BCUT2D eigenvalue weighted by molar-refractivity contribution is 9.10. The van der Waals surface area contributed by atoms with Crippen LogP contribution in [0.25, 0.3) is 0 Å². The van der Waals surface area contributed by atoms with Crippen molar-refractivity contribution in [3.8, 4) is 0 Å². The van der Waals surface area contributed by atoms with E-state index in [1.54, 1.807) is 0 Å². The first-order chi connectivity index (χ1) is 6.06. The van der Waals surface area contributed by atoms with Crippen molar-refractivity contribution in [1.82, 2.24) is 0 Å². The summed E-state index contributed by atoms with van der Waals surface area (Å²) >= 11 is 2.83. The van der Waals surface area contributed by atoms with Gasteiger partial charge in [-0.05, 0) is 28.1 Å². The van der Waals surface area contributed by atoms with Crippen LogP contribution in [0.2, 0.25) is 0 Å². The lowest BCUT2D eigenvalue weighted by Crippen LogP contribution is -2.16. The maximum atomic E-state index is 13.1. The van der Waals surface area contributed by atoms with Crippen LogP contribution in [0.4, 0.5) is 8.78 Å². The van der Waals surface area contributed by atoms with Crippen molar-refractivity contribution in [1.29, 1.82) is 0 Å². The summed E-state index contributed by atoms with van der Waals surface area (Å²) in [6.45, 7) is -0.419. The molecule has 0 aliphatic carbocycles. The number of hydrogen-bond acceptors (Lipinski definition) is 2. The minimum absolute atomic E-state index is 0.0248. The van der Waals surface area contributed by atoms with Gasteiger partial charge < -0.3 is 10.8 Å². The number of aliphatic hydroxyl groups excluding tert-OH is 1. The van der Waals surface area contributed by atoms with Gasteiger partial charge in [0.25, 0.3) is 0 Å². The van der Waals surface area contributed by atoms with Crippen LogP contribution in [-0.2, 0) is 0 Å². The van der Waals surface area contributed by atoms with Crippen LogP contribution in [-0.4, -0.2) is 11.7 Å². The Hall–Kier alpha value is -0.520. The van der Waals surface area contributed by atoms with Crippen LogP contribution in [0.3, 0.4) is 0 Å². The van der Waals surface area contributed by atoms with Crippen LogP contribution < -0.4 is 5.73 Å². The van der Waals surface area contributed by atoms with Crippen molar-refractivity contribution in [3.63, 3.8) is 0 Å². The van der Waals surface area contributed by atoms with Gasteiger partial charge in [-0.2, -0.15) is 0 Å². The smallest absolute Gasteiger partial charge is 0.137 e. The standard InChI is InChI=1S/C8H8BrF2NO/c9-5-2-6(10)4(1-7(5)11)8(12)3-13/h1-2,8,13H,3,12H2. The van der Waals surface area contributed by atoms with Gasteiger partial charge in [0, 0.05) is 5.56 Å². The number of rotatable bonds is 2. The summed E-state index contributed by atoms with van der Waals surface area (Å²) in [6, 6.07) is 1.07. The Morgan fingerprint density at radius 2 is 2.00 bits per heavy atom. The molecule has 3 N–H and O–H groups in total. The normalized spacial score (nSPS) is 13.0. The van der Waals surface area contributed by atoms with Gasteiger partial charge in [0.2, 0.25) is 0 Å². The SMILES string of the molecule is NC(CO)c1cc(F)c(Br)cc1F. The van der Waals surface area contributed by atoms with Gasteiger partial charge in [0.1, 0.15) is 11.6 Å². The highest BCUT2D eigenvalue weighted by Gasteiger charge is 2.13. The van der Waals surface area contributed by atoms with Crippen LogP contribution in [0, 0.1) is 11.6 Å². The fourth-order valence-electron chi connectivity index (χ4n) is 0.920. The molecule has 0 aromatic heterocycles. The summed E-state index contributed by atoms with van der Waals surface area (Å²) in [7, 11) is 0. The van der Waals surface area contributed by atoms with E-state index in [1.807, 2.05) is 0 Å². The Labute approximate surface area is 82.5 Å². The van der Waals surface area contributed by atoms with E-state index in [4.69, 9.17) is 10.8 Å². The highest BCUT2D eigenvalue weighted by atomic mass is 79.9. The highest BCUT2D eigenvalue weighted by Crippen LogP contribution is 2.22. The zero-order valence-corrected chi connectivity index (χ0v) is 8.18. The monoisotopic (exact) mass is 251 g/mol. The molecule has 0 saturated carbocycles. The molecule has 0 amide bonds. The Balaban J connectivity index is 3.15. The van der Waals surface area contributed by atoms with Gasteiger partial charge in [0.15, 0.2) is 0 Å². The molecule has 1 unspecified atom stereocenters. The molecule has 1 aromatic rings. The molecule has 0 radical (unpaired) electrons. The first kappa shape index (κ1) is 10.6. The molecule has 0 heterocycles. The molecule has 0 aliphatic rings. The lowest BCUT2D eigenvalue weighted by molar-refractivity contribution is 0.265.